The maximum atomic E-state index is 12.0. The van der Waals surface area contributed by atoms with E-state index in [2.05, 4.69) is 0 Å². The molecule has 0 aromatic carbocycles. The first-order valence-corrected chi connectivity index (χ1v) is 8.20. The highest BCUT2D eigenvalue weighted by Gasteiger charge is 2.39. The van der Waals surface area contributed by atoms with E-state index in [-0.39, 0.29) is 23.9 Å². The molecule has 2 amide bonds. The molecule has 2 fully saturated rings. The molecule has 1 aliphatic carbocycles. The molecule has 0 aromatic rings. The summed E-state index contributed by atoms with van der Waals surface area (Å²) in [6.07, 6.45) is 3.50. The zero-order valence-corrected chi connectivity index (χ0v) is 13.9. The maximum absolute atomic E-state index is 12.0. The van der Waals surface area contributed by atoms with Gasteiger partial charge in [0.2, 0.25) is 5.91 Å². The van der Waals surface area contributed by atoms with E-state index in [1.807, 2.05) is 25.7 Å². The minimum Gasteiger partial charge on any atom is -0.444 e. The Morgan fingerprint density at radius 1 is 1.14 bits per heavy atom. The first-order chi connectivity index (χ1) is 9.81. The van der Waals surface area contributed by atoms with E-state index >= 15 is 0 Å². The van der Waals surface area contributed by atoms with Gasteiger partial charge in [0, 0.05) is 25.2 Å². The molecule has 2 aliphatic rings. The lowest BCUT2D eigenvalue weighted by Crippen LogP contribution is -2.50. The summed E-state index contributed by atoms with van der Waals surface area (Å²) < 4.78 is 5.39. The first-order valence-electron chi connectivity index (χ1n) is 7.67. The number of hydrogen-bond acceptors (Lipinski definition) is 3. The second kappa shape index (κ2) is 6.42. The minimum absolute atomic E-state index is 0.0230. The van der Waals surface area contributed by atoms with E-state index in [0.717, 1.165) is 25.7 Å². The summed E-state index contributed by atoms with van der Waals surface area (Å²) in [5.41, 5.74) is -0.470. The van der Waals surface area contributed by atoms with Crippen LogP contribution in [0.4, 0.5) is 4.79 Å². The fourth-order valence-electron chi connectivity index (χ4n) is 2.78. The van der Waals surface area contributed by atoms with Crippen LogP contribution in [-0.4, -0.2) is 58.5 Å². The molecule has 120 valence electrons. The first kappa shape index (κ1) is 16.4. The monoisotopic (exact) mass is 316 g/mol. The number of carbonyl (C=O) groups is 2. The number of alkyl halides is 1. The third kappa shape index (κ3) is 4.50. The van der Waals surface area contributed by atoms with Crippen LogP contribution in [0.5, 0.6) is 0 Å². The van der Waals surface area contributed by atoms with Gasteiger partial charge in [0.05, 0.1) is 0 Å². The van der Waals surface area contributed by atoms with Crippen molar-refractivity contribution >= 4 is 23.6 Å². The van der Waals surface area contributed by atoms with E-state index in [4.69, 9.17) is 16.3 Å². The number of nitrogens with zero attached hydrogens (tertiary/aromatic N) is 2. The van der Waals surface area contributed by atoms with Gasteiger partial charge in [-0.05, 0) is 46.5 Å². The molecule has 1 aliphatic heterocycles. The molecular formula is C15H25ClN2O3. The van der Waals surface area contributed by atoms with Crippen LogP contribution in [0.25, 0.3) is 0 Å². The van der Waals surface area contributed by atoms with E-state index < -0.39 is 5.60 Å². The van der Waals surface area contributed by atoms with Crippen molar-refractivity contribution in [1.82, 2.24) is 9.80 Å². The van der Waals surface area contributed by atoms with E-state index in [0.29, 0.717) is 19.1 Å². The predicted octanol–water partition coefficient (Wildman–Crippen LogP) is 2.62. The number of likely N-dealkylation sites (tertiary alicyclic amines) is 1. The van der Waals surface area contributed by atoms with Gasteiger partial charge < -0.3 is 14.5 Å². The Bertz CT molecular complexity index is 396. The van der Waals surface area contributed by atoms with Crippen LogP contribution < -0.4 is 0 Å². The van der Waals surface area contributed by atoms with E-state index in [9.17, 15) is 9.59 Å². The Balaban J connectivity index is 1.87. The van der Waals surface area contributed by atoms with Crippen LogP contribution in [0.1, 0.15) is 46.5 Å². The normalized spacial score (nSPS) is 20.3. The number of rotatable bonds is 3. The smallest absolute Gasteiger partial charge is 0.410 e. The highest BCUT2D eigenvalue weighted by Crippen LogP contribution is 2.32. The lowest BCUT2D eigenvalue weighted by atomic mass is 10.0. The summed E-state index contributed by atoms with van der Waals surface area (Å²) in [7, 11) is 0. The molecule has 0 N–H and O–H groups in total. The van der Waals surface area contributed by atoms with Crippen molar-refractivity contribution < 1.29 is 14.3 Å². The summed E-state index contributed by atoms with van der Waals surface area (Å²) in [6.45, 7) is 6.87. The summed E-state index contributed by atoms with van der Waals surface area (Å²) in [5, 5.41) is 0. The van der Waals surface area contributed by atoms with Gasteiger partial charge in [-0.1, -0.05) is 0 Å². The lowest BCUT2D eigenvalue weighted by molar-refractivity contribution is -0.132. The largest absolute Gasteiger partial charge is 0.444 e. The van der Waals surface area contributed by atoms with Crippen LogP contribution >= 0.6 is 11.6 Å². The van der Waals surface area contributed by atoms with Crippen LogP contribution in [0.15, 0.2) is 0 Å². The Morgan fingerprint density at radius 3 is 2.10 bits per heavy atom. The van der Waals surface area contributed by atoms with Crippen LogP contribution in [0, 0.1) is 0 Å². The third-order valence-corrected chi connectivity index (χ3v) is 4.08. The molecule has 0 aromatic heterocycles. The van der Waals surface area contributed by atoms with Crippen LogP contribution in [0.3, 0.4) is 0 Å². The van der Waals surface area contributed by atoms with Crippen molar-refractivity contribution in [3.63, 3.8) is 0 Å². The molecule has 0 spiro atoms. The maximum Gasteiger partial charge on any atom is 0.410 e. The topological polar surface area (TPSA) is 49.9 Å². The summed E-state index contributed by atoms with van der Waals surface area (Å²) in [4.78, 5) is 27.7. The van der Waals surface area contributed by atoms with Crippen LogP contribution in [-0.2, 0) is 9.53 Å². The number of hydrogen-bond donors (Lipinski definition) is 0. The average molecular weight is 317 g/mol. The fraction of sp³-hybridized carbons (Fsp3) is 0.867. The second-order valence-corrected chi connectivity index (χ2v) is 7.13. The van der Waals surface area contributed by atoms with Gasteiger partial charge in [0.25, 0.3) is 0 Å². The Kier molecular flexibility index (Phi) is 5.02. The molecule has 0 bridgehead atoms. The number of ether oxygens (including phenoxy) is 1. The molecule has 1 heterocycles. The predicted molar refractivity (Wildman–Crippen MR) is 81.4 cm³/mol. The number of halogens is 1. The van der Waals surface area contributed by atoms with Gasteiger partial charge in [-0.2, -0.15) is 0 Å². The van der Waals surface area contributed by atoms with Gasteiger partial charge in [-0.15, -0.1) is 11.6 Å². The zero-order chi connectivity index (χ0) is 15.6. The molecule has 21 heavy (non-hydrogen) atoms. The quantitative estimate of drug-likeness (QED) is 0.752. The zero-order valence-electron chi connectivity index (χ0n) is 13.1. The van der Waals surface area contributed by atoms with Crippen molar-refractivity contribution in [1.29, 1.82) is 0 Å². The summed E-state index contributed by atoms with van der Waals surface area (Å²) in [6, 6.07) is 0.580. The Morgan fingerprint density at radius 2 is 1.67 bits per heavy atom. The number of carbonyl (C=O) groups excluding carboxylic acids is 2. The van der Waals surface area contributed by atoms with Gasteiger partial charge in [-0.3, -0.25) is 4.79 Å². The summed E-state index contributed by atoms with van der Waals surface area (Å²) >= 11 is 5.71. The highest BCUT2D eigenvalue weighted by atomic mass is 35.5. The van der Waals surface area contributed by atoms with E-state index in [1.165, 1.54) is 0 Å². The molecule has 0 unspecified atom stereocenters. The molecule has 1 saturated heterocycles. The van der Waals surface area contributed by atoms with Gasteiger partial charge in [0.15, 0.2) is 0 Å². The van der Waals surface area contributed by atoms with Crippen molar-refractivity contribution in [3.05, 3.63) is 0 Å². The van der Waals surface area contributed by atoms with Crippen molar-refractivity contribution in [3.8, 4) is 0 Å². The summed E-state index contributed by atoms with van der Waals surface area (Å²) in [5.74, 6) is 0.0675. The van der Waals surface area contributed by atoms with Gasteiger partial charge in [0.1, 0.15) is 11.5 Å². The molecule has 1 saturated carbocycles. The highest BCUT2D eigenvalue weighted by molar-refractivity contribution is 6.27. The van der Waals surface area contributed by atoms with Crippen molar-refractivity contribution in [2.75, 3.05) is 19.0 Å². The minimum atomic E-state index is -0.470. The lowest BCUT2D eigenvalue weighted by Gasteiger charge is -2.39. The number of piperidine rings is 1. The molecule has 5 nitrogen and oxygen atoms in total. The van der Waals surface area contributed by atoms with Crippen LogP contribution in [0.2, 0.25) is 0 Å². The van der Waals surface area contributed by atoms with Crippen molar-refractivity contribution in [2.24, 2.45) is 0 Å². The fourth-order valence-corrected chi connectivity index (χ4v) is 2.92. The molecule has 6 heteroatoms. The average Bonchev–Trinajstić information content (AvgIpc) is 3.22. The molecule has 0 atom stereocenters. The third-order valence-electron chi connectivity index (χ3n) is 3.85. The Hall–Kier alpha value is -0.970. The standard InChI is InChI=1S/C15H25ClN2O3/c1-15(2,3)21-14(20)17-8-6-12(7-9-17)18(11-4-5-11)13(19)10-16/h11-12H,4-10H2,1-3H3. The van der Waals surface area contributed by atoms with Crippen molar-refractivity contribution in [2.45, 2.75) is 64.1 Å². The SMILES string of the molecule is CC(C)(C)OC(=O)N1CCC(N(C(=O)CCl)C2CC2)CC1. The second-order valence-electron chi connectivity index (χ2n) is 6.86. The molecular weight excluding hydrogens is 292 g/mol. The molecule has 2 rings (SSSR count). The number of amides is 2. The Labute approximate surface area is 131 Å². The van der Waals surface area contributed by atoms with E-state index in [1.54, 1.807) is 4.90 Å². The van der Waals surface area contributed by atoms with Gasteiger partial charge >= 0.3 is 6.09 Å². The van der Waals surface area contributed by atoms with Gasteiger partial charge in [-0.25, -0.2) is 4.79 Å². The molecule has 0 radical (unpaired) electrons.